The Bertz CT molecular complexity index is 367. The molecule has 1 fully saturated rings. The molecule has 1 nitrogen and oxygen atoms in total. The average molecular weight is 251 g/mol. The van der Waals surface area contributed by atoms with E-state index in [1.807, 2.05) is 11.3 Å². The quantitative estimate of drug-likeness (QED) is 0.829. The SMILES string of the molecule is CCNC(c1csc(C)c1)C1CCCC1(C)C. The average Bonchev–Trinajstić information content (AvgIpc) is 2.81. The summed E-state index contributed by atoms with van der Waals surface area (Å²) in [6.07, 6.45) is 4.14. The third-order valence-electron chi connectivity index (χ3n) is 4.28. The maximum Gasteiger partial charge on any atom is 0.0362 e. The lowest BCUT2D eigenvalue weighted by molar-refractivity contribution is 0.199. The Kier molecular flexibility index (Phi) is 3.94. The van der Waals surface area contributed by atoms with Crippen molar-refractivity contribution in [3.05, 3.63) is 21.9 Å². The van der Waals surface area contributed by atoms with Crippen LogP contribution in [-0.2, 0) is 0 Å². The summed E-state index contributed by atoms with van der Waals surface area (Å²) in [7, 11) is 0. The van der Waals surface area contributed by atoms with Gasteiger partial charge in [-0.1, -0.05) is 27.2 Å². The lowest BCUT2D eigenvalue weighted by Crippen LogP contribution is -2.33. The molecule has 96 valence electrons. The Labute approximate surface area is 110 Å². The van der Waals surface area contributed by atoms with Crippen LogP contribution in [0.4, 0.5) is 0 Å². The fourth-order valence-corrected chi connectivity index (χ4v) is 4.05. The van der Waals surface area contributed by atoms with E-state index in [0.29, 0.717) is 11.5 Å². The summed E-state index contributed by atoms with van der Waals surface area (Å²) in [5.41, 5.74) is 2.00. The Morgan fingerprint density at radius 2 is 2.29 bits per heavy atom. The van der Waals surface area contributed by atoms with Crippen LogP contribution in [0.25, 0.3) is 0 Å². The molecule has 2 heteroatoms. The lowest BCUT2D eigenvalue weighted by atomic mass is 9.76. The first-order valence-electron chi connectivity index (χ1n) is 6.83. The Morgan fingerprint density at radius 3 is 2.76 bits per heavy atom. The van der Waals surface area contributed by atoms with Gasteiger partial charge in [0.05, 0.1) is 0 Å². The smallest absolute Gasteiger partial charge is 0.0362 e. The number of thiophene rings is 1. The van der Waals surface area contributed by atoms with Gasteiger partial charge in [0, 0.05) is 10.9 Å². The van der Waals surface area contributed by atoms with Gasteiger partial charge in [-0.15, -0.1) is 11.3 Å². The van der Waals surface area contributed by atoms with Crippen LogP contribution in [0.5, 0.6) is 0 Å². The van der Waals surface area contributed by atoms with E-state index in [9.17, 15) is 0 Å². The van der Waals surface area contributed by atoms with Gasteiger partial charge in [-0.05, 0) is 54.7 Å². The van der Waals surface area contributed by atoms with Crippen LogP contribution in [0, 0.1) is 18.3 Å². The second kappa shape index (κ2) is 5.11. The van der Waals surface area contributed by atoms with Crippen molar-refractivity contribution in [3.63, 3.8) is 0 Å². The number of hydrogen-bond donors (Lipinski definition) is 1. The highest BCUT2D eigenvalue weighted by Crippen LogP contribution is 2.49. The van der Waals surface area contributed by atoms with E-state index in [4.69, 9.17) is 0 Å². The molecular weight excluding hydrogens is 226 g/mol. The predicted molar refractivity (Wildman–Crippen MR) is 76.6 cm³/mol. The van der Waals surface area contributed by atoms with Gasteiger partial charge in [-0.3, -0.25) is 0 Å². The summed E-state index contributed by atoms with van der Waals surface area (Å²) in [5.74, 6) is 0.788. The van der Waals surface area contributed by atoms with Crippen LogP contribution in [0.2, 0.25) is 0 Å². The summed E-state index contributed by atoms with van der Waals surface area (Å²) in [5, 5.41) is 6.06. The second-order valence-electron chi connectivity index (χ2n) is 6.01. The molecule has 0 aromatic carbocycles. The van der Waals surface area contributed by atoms with Gasteiger partial charge < -0.3 is 5.32 Å². The third kappa shape index (κ3) is 2.74. The zero-order chi connectivity index (χ0) is 12.5. The minimum atomic E-state index is 0.489. The topological polar surface area (TPSA) is 12.0 Å². The fraction of sp³-hybridized carbons (Fsp3) is 0.733. The summed E-state index contributed by atoms with van der Waals surface area (Å²) >= 11 is 1.88. The summed E-state index contributed by atoms with van der Waals surface area (Å²) < 4.78 is 0. The Morgan fingerprint density at radius 1 is 1.53 bits per heavy atom. The van der Waals surface area contributed by atoms with Crippen LogP contribution < -0.4 is 5.32 Å². The fourth-order valence-electron chi connectivity index (χ4n) is 3.31. The summed E-state index contributed by atoms with van der Waals surface area (Å²) in [6, 6.07) is 2.93. The van der Waals surface area contributed by atoms with Crippen molar-refractivity contribution in [2.24, 2.45) is 11.3 Å². The first kappa shape index (κ1) is 13.1. The Hall–Kier alpha value is -0.340. The predicted octanol–water partition coefficient (Wildman–Crippen LogP) is 4.53. The molecule has 1 saturated carbocycles. The molecule has 0 aliphatic heterocycles. The van der Waals surface area contributed by atoms with Crippen LogP contribution in [-0.4, -0.2) is 6.54 Å². The molecule has 2 rings (SSSR count). The maximum absolute atomic E-state index is 3.72. The van der Waals surface area contributed by atoms with Crippen molar-refractivity contribution in [2.75, 3.05) is 6.54 Å². The van der Waals surface area contributed by atoms with Gasteiger partial charge in [0.2, 0.25) is 0 Å². The van der Waals surface area contributed by atoms with Gasteiger partial charge in [0.15, 0.2) is 0 Å². The van der Waals surface area contributed by atoms with Crippen molar-refractivity contribution < 1.29 is 0 Å². The highest BCUT2D eigenvalue weighted by Gasteiger charge is 2.39. The largest absolute Gasteiger partial charge is 0.310 e. The Balaban J connectivity index is 2.23. The molecule has 1 N–H and O–H groups in total. The van der Waals surface area contributed by atoms with Gasteiger partial charge in [-0.25, -0.2) is 0 Å². The standard InChI is InChI=1S/C15H25NS/c1-5-16-14(12-9-11(2)17-10-12)13-7-6-8-15(13,3)4/h9-10,13-14,16H,5-8H2,1-4H3. The molecule has 1 aromatic rings. The minimum Gasteiger partial charge on any atom is -0.310 e. The number of hydrogen-bond acceptors (Lipinski definition) is 2. The van der Waals surface area contributed by atoms with E-state index in [1.165, 1.54) is 29.7 Å². The summed E-state index contributed by atoms with van der Waals surface area (Å²) in [4.78, 5) is 1.43. The molecule has 2 atom stereocenters. The molecule has 1 aromatic heterocycles. The molecule has 2 unspecified atom stereocenters. The van der Waals surface area contributed by atoms with Crippen LogP contribution in [0.3, 0.4) is 0 Å². The van der Waals surface area contributed by atoms with Crippen LogP contribution in [0.1, 0.15) is 56.5 Å². The molecule has 0 radical (unpaired) electrons. The van der Waals surface area contributed by atoms with Gasteiger partial charge >= 0.3 is 0 Å². The molecule has 1 aliphatic carbocycles. The van der Waals surface area contributed by atoms with Crippen molar-refractivity contribution in [2.45, 2.75) is 53.0 Å². The zero-order valence-corrected chi connectivity index (χ0v) is 12.4. The highest BCUT2D eigenvalue weighted by atomic mass is 32.1. The van der Waals surface area contributed by atoms with Crippen molar-refractivity contribution >= 4 is 11.3 Å². The van der Waals surface area contributed by atoms with Gasteiger partial charge in [-0.2, -0.15) is 0 Å². The normalized spacial score (nSPS) is 25.1. The van der Waals surface area contributed by atoms with E-state index in [2.05, 4.69) is 44.5 Å². The highest BCUT2D eigenvalue weighted by molar-refractivity contribution is 7.10. The van der Waals surface area contributed by atoms with E-state index < -0.39 is 0 Å². The van der Waals surface area contributed by atoms with E-state index in [1.54, 1.807) is 0 Å². The first-order valence-corrected chi connectivity index (χ1v) is 7.71. The molecule has 1 aliphatic rings. The van der Waals surface area contributed by atoms with E-state index in [0.717, 1.165) is 12.5 Å². The number of aryl methyl sites for hydroxylation is 1. The molecule has 1 heterocycles. The van der Waals surface area contributed by atoms with Gasteiger partial charge in [0.1, 0.15) is 0 Å². The number of nitrogens with one attached hydrogen (secondary N) is 1. The molecule has 0 amide bonds. The second-order valence-corrected chi connectivity index (χ2v) is 7.13. The summed E-state index contributed by atoms with van der Waals surface area (Å²) in [6.45, 7) is 10.4. The van der Waals surface area contributed by atoms with Crippen molar-refractivity contribution in [1.29, 1.82) is 0 Å². The zero-order valence-electron chi connectivity index (χ0n) is 11.5. The van der Waals surface area contributed by atoms with Crippen molar-refractivity contribution in [1.82, 2.24) is 5.32 Å². The number of rotatable bonds is 4. The van der Waals surface area contributed by atoms with Crippen LogP contribution in [0.15, 0.2) is 11.4 Å². The van der Waals surface area contributed by atoms with E-state index in [-0.39, 0.29) is 0 Å². The lowest BCUT2D eigenvalue weighted by Gasteiger charge is -2.34. The molecule has 0 bridgehead atoms. The maximum atomic E-state index is 3.72. The molecule has 17 heavy (non-hydrogen) atoms. The first-order chi connectivity index (χ1) is 8.04. The third-order valence-corrected chi connectivity index (χ3v) is 5.16. The molecule has 0 spiro atoms. The molecular formula is C15H25NS. The van der Waals surface area contributed by atoms with E-state index >= 15 is 0 Å². The monoisotopic (exact) mass is 251 g/mol. The minimum absolute atomic E-state index is 0.489. The van der Waals surface area contributed by atoms with Gasteiger partial charge in [0.25, 0.3) is 0 Å². The van der Waals surface area contributed by atoms with Crippen molar-refractivity contribution in [3.8, 4) is 0 Å². The molecule has 0 saturated heterocycles. The van der Waals surface area contributed by atoms with Crippen LogP contribution >= 0.6 is 11.3 Å².